The fourth-order valence-corrected chi connectivity index (χ4v) is 3.26. The van der Waals surface area contributed by atoms with Gasteiger partial charge in [0.15, 0.2) is 0 Å². The van der Waals surface area contributed by atoms with Crippen molar-refractivity contribution in [3.05, 3.63) is 11.8 Å². The van der Waals surface area contributed by atoms with Crippen molar-refractivity contribution < 1.29 is 19.4 Å². The molecule has 2 aliphatic rings. The van der Waals surface area contributed by atoms with Crippen molar-refractivity contribution in [2.24, 2.45) is 0 Å². The van der Waals surface area contributed by atoms with Gasteiger partial charge >= 0.3 is 5.97 Å². The van der Waals surface area contributed by atoms with E-state index in [1.165, 1.54) is 0 Å². The average molecular weight is 364 g/mol. The quantitative estimate of drug-likeness (QED) is 0.855. The first kappa shape index (κ1) is 18.8. The van der Waals surface area contributed by atoms with Crippen LogP contribution in [0.25, 0.3) is 0 Å². The second-order valence-electron chi connectivity index (χ2n) is 7.42. The lowest BCUT2D eigenvalue weighted by molar-refractivity contribution is -0.142. The topological polar surface area (TPSA) is 88.0 Å². The second kappa shape index (κ2) is 7.75. The first-order valence-electron chi connectivity index (χ1n) is 9.19. The first-order chi connectivity index (χ1) is 12.4. The van der Waals surface area contributed by atoms with E-state index < -0.39 is 11.4 Å². The number of rotatable bonds is 4. The minimum atomic E-state index is -1.07. The van der Waals surface area contributed by atoms with Crippen LogP contribution < -0.4 is 9.80 Å². The van der Waals surface area contributed by atoms with Gasteiger partial charge in [-0.25, -0.2) is 4.98 Å². The lowest BCUT2D eigenvalue weighted by atomic mass is 9.85. The molecule has 2 fully saturated rings. The Bertz CT molecular complexity index is 646. The summed E-state index contributed by atoms with van der Waals surface area (Å²) in [5, 5.41) is 9.68. The number of aromatic nitrogens is 2. The molecule has 3 heterocycles. The fraction of sp³-hybridized carbons (Fsp3) is 0.722. The molecular weight excluding hydrogens is 336 g/mol. The van der Waals surface area contributed by atoms with Crippen molar-refractivity contribution in [2.75, 3.05) is 55.8 Å². The molecule has 0 unspecified atom stereocenters. The zero-order valence-electron chi connectivity index (χ0n) is 15.8. The normalized spacial score (nSPS) is 22.2. The molecule has 0 aromatic carbocycles. The highest BCUT2D eigenvalue weighted by Gasteiger charge is 2.35. The number of ether oxygens (including phenoxy) is 2. The van der Waals surface area contributed by atoms with E-state index in [0.717, 1.165) is 26.1 Å². The third-order valence-electron chi connectivity index (χ3n) is 5.01. The Morgan fingerprint density at radius 2 is 1.96 bits per heavy atom. The van der Waals surface area contributed by atoms with Gasteiger partial charge in [-0.15, -0.1) is 0 Å². The van der Waals surface area contributed by atoms with E-state index in [0.29, 0.717) is 43.6 Å². The highest BCUT2D eigenvalue weighted by atomic mass is 16.5. The van der Waals surface area contributed by atoms with E-state index in [1.807, 2.05) is 6.92 Å². The molecule has 1 N–H and O–H groups in total. The summed E-state index contributed by atoms with van der Waals surface area (Å²) in [6.07, 6.45) is 2.71. The van der Waals surface area contributed by atoms with Crippen LogP contribution in [0.1, 0.15) is 32.8 Å². The molecule has 0 saturated carbocycles. The Labute approximate surface area is 154 Å². The molecule has 0 bridgehead atoms. The Morgan fingerprint density at radius 1 is 1.23 bits per heavy atom. The summed E-state index contributed by atoms with van der Waals surface area (Å²) in [7, 11) is 0. The predicted molar refractivity (Wildman–Crippen MR) is 98.0 cm³/mol. The molecule has 1 aromatic rings. The number of carboxylic acids is 1. The summed E-state index contributed by atoms with van der Waals surface area (Å²) < 4.78 is 11.2. The number of morpholine rings is 1. The largest absolute Gasteiger partial charge is 0.481 e. The maximum absolute atomic E-state index is 11.8. The molecule has 0 amide bonds. The van der Waals surface area contributed by atoms with E-state index in [2.05, 4.69) is 14.8 Å². The van der Waals surface area contributed by atoms with Gasteiger partial charge in [-0.1, -0.05) is 0 Å². The van der Waals surface area contributed by atoms with Crippen LogP contribution in [0.15, 0.2) is 6.20 Å². The summed E-state index contributed by atoms with van der Waals surface area (Å²) in [6, 6.07) is 0. The molecule has 8 nitrogen and oxygen atoms in total. The standard InChI is InChI=1S/C18H28N4O4/c1-13-12-22(5-4-8-26-13)17-19-11-14(18(2,3)16(23)24)15(20-17)21-6-9-25-10-7-21/h11,13H,4-10,12H2,1-3H3,(H,23,24)/t13-/m1/s1. The Morgan fingerprint density at radius 3 is 2.65 bits per heavy atom. The number of carboxylic acid groups (broad SMARTS) is 1. The fourth-order valence-electron chi connectivity index (χ4n) is 3.26. The maximum atomic E-state index is 11.8. The van der Waals surface area contributed by atoms with Gasteiger partial charge in [0.25, 0.3) is 0 Å². The summed E-state index contributed by atoms with van der Waals surface area (Å²) in [4.78, 5) is 25.4. The van der Waals surface area contributed by atoms with Gasteiger partial charge in [0.1, 0.15) is 5.82 Å². The average Bonchev–Trinajstić information content (AvgIpc) is 2.86. The van der Waals surface area contributed by atoms with E-state index in [1.54, 1.807) is 20.0 Å². The van der Waals surface area contributed by atoms with E-state index >= 15 is 0 Å². The minimum Gasteiger partial charge on any atom is -0.481 e. The van der Waals surface area contributed by atoms with Crippen LogP contribution in [0.4, 0.5) is 11.8 Å². The lowest BCUT2D eigenvalue weighted by Gasteiger charge is -2.33. The molecule has 144 valence electrons. The molecule has 3 rings (SSSR count). The number of hydrogen-bond acceptors (Lipinski definition) is 7. The van der Waals surface area contributed by atoms with Gasteiger partial charge in [-0.2, -0.15) is 4.98 Å². The van der Waals surface area contributed by atoms with Gasteiger partial charge in [-0.05, 0) is 27.2 Å². The van der Waals surface area contributed by atoms with Crippen molar-refractivity contribution >= 4 is 17.7 Å². The Balaban J connectivity index is 1.99. The summed E-state index contributed by atoms with van der Waals surface area (Å²) in [5.74, 6) is 0.442. The molecule has 1 aromatic heterocycles. The highest BCUT2D eigenvalue weighted by molar-refractivity contribution is 5.82. The smallest absolute Gasteiger partial charge is 0.313 e. The highest BCUT2D eigenvalue weighted by Crippen LogP contribution is 2.32. The number of hydrogen-bond donors (Lipinski definition) is 1. The molecule has 0 spiro atoms. The maximum Gasteiger partial charge on any atom is 0.313 e. The summed E-state index contributed by atoms with van der Waals surface area (Å²) >= 11 is 0. The summed E-state index contributed by atoms with van der Waals surface area (Å²) in [6.45, 7) is 10.3. The third kappa shape index (κ3) is 3.91. The Kier molecular flexibility index (Phi) is 5.62. The Hall–Kier alpha value is -1.93. The van der Waals surface area contributed by atoms with Crippen LogP contribution in [-0.4, -0.2) is 73.1 Å². The molecular formula is C18H28N4O4. The van der Waals surface area contributed by atoms with Crippen LogP contribution in [0.3, 0.4) is 0 Å². The molecule has 8 heteroatoms. The van der Waals surface area contributed by atoms with Crippen LogP contribution in [0.5, 0.6) is 0 Å². The first-order valence-corrected chi connectivity index (χ1v) is 9.19. The second-order valence-corrected chi connectivity index (χ2v) is 7.42. The van der Waals surface area contributed by atoms with Crippen molar-refractivity contribution in [1.82, 2.24) is 9.97 Å². The zero-order chi connectivity index (χ0) is 18.7. The number of nitrogens with zero attached hydrogens (tertiary/aromatic N) is 4. The van der Waals surface area contributed by atoms with E-state index in [-0.39, 0.29) is 6.10 Å². The number of aliphatic carboxylic acids is 1. The van der Waals surface area contributed by atoms with Crippen LogP contribution >= 0.6 is 0 Å². The molecule has 1 atom stereocenters. The monoisotopic (exact) mass is 364 g/mol. The number of carbonyl (C=O) groups is 1. The molecule has 2 aliphatic heterocycles. The molecule has 2 saturated heterocycles. The van der Waals surface area contributed by atoms with Gasteiger partial charge in [0.05, 0.1) is 24.7 Å². The van der Waals surface area contributed by atoms with Gasteiger partial charge in [-0.3, -0.25) is 4.79 Å². The van der Waals surface area contributed by atoms with Gasteiger partial charge < -0.3 is 24.4 Å². The van der Waals surface area contributed by atoms with Gasteiger partial charge in [0.2, 0.25) is 5.95 Å². The third-order valence-corrected chi connectivity index (χ3v) is 5.01. The number of anilines is 2. The lowest BCUT2D eigenvalue weighted by Crippen LogP contribution is -2.40. The van der Waals surface area contributed by atoms with Crippen molar-refractivity contribution in [3.8, 4) is 0 Å². The minimum absolute atomic E-state index is 0.114. The van der Waals surface area contributed by atoms with Crippen LogP contribution in [-0.2, 0) is 19.7 Å². The van der Waals surface area contributed by atoms with Crippen LogP contribution in [0.2, 0.25) is 0 Å². The summed E-state index contributed by atoms with van der Waals surface area (Å²) in [5.41, 5.74) is -0.434. The van der Waals surface area contributed by atoms with E-state index in [9.17, 15) is 9.90 Å². The van der Waals surface area contributed by atoms with Crippen LogP contribution in [0, 0.1) is 0 Å². The van der Waals surface area contributed by atoms with Gasteiger partial charge in [0, 0.05) is 44.5 Å². The predicted octanol–water partition coefficient (Wildman–Crippen LogP) is 1.29. The molecule has 0 aliphatic carbocycles. The molecule has 26 heavy (non-hydrogen) atoms. The van der Waals surface area contributed by atoms with Crippen molar-refractivity contribution in [2.45, 2.75) is 38.7 Å². The SMILES string of the molecule is C[C@@H]1CN(c2ncc(C(C)(C)C(=O)O)c(N3CCOCC3)n2)CCCO1. The van der Waals surface area contributed by atoms with Crippen molar-refractivity contribution in [1.29, 1.82) is 0 Å². The zero-order valence-corrected chi connectivity index (χ0v) is 15.8. The van der Waals surface area contributed by atoms with Crippen molar-refractivity contribution in [3.63, 3.8) is 0 Å². The van der Waals surface area contributed by atoms with E-state index in [4.69, 9.17) is 14.5 Å². The molecule has 0 radical (unpaired) electrons.